The Bertz CT molecular complexity index is 577. The third-order valence-electron chi connectivity index (χ3n) is 4.26. The third-order valence-corrected chi connectivity index (χ3v) is 7.16. The predicted molar refractivity (Wildman–Crippen MR) is 77.2 cm³/mol. The van der Waals surface area contributed by atoms with Crippen LogP contribution in [0.15, 0.2) is 30.3 Å². The standard InChI is InChI=1S/C15H19O5P/c1-3-19-21(17,20-4-2)15-12(10-18-14(15)16)13(15)11-8-6-5-7-9-11/h5-9,12-13H,3-4,10H2,1-2H3/t12-,13-,15+/m1/s1. The van der Waals surface area contributed by atoms with Crippen molar-refractivity contribution >= 4 is 13.6 Å². The van der Waals surface area contributed by atoms with Gasteiger partial charge in [-0.05, 0) is 19.4 Å². The van der Waals surface area contributed by atoms with Crippen LogP contribution in [0.25, 0.3) is 0 Å². The number of fused-ring (bicyclic) bond motifs is 1. The summed E-state index contributed by atoms with van der Waals surface area (Å²) in [4.78, 5) is 12.4. The van der Waals surface area contributed by atoms with Gasteiger partial charge >= 0.3 is 13.6 Å². The van der Waals surface area contributed by atoms with Crippen molar-refractivity contribution in [3.05, 3.63) is 35.9 Å². The van der Waals surface area contributed by atoms with Gasteiger partial charge in [0.2, 0.25) is 0 Å². The second-order valence-electron chi connectivity index (χ2n) is 5.25. The molecule has 1 aliphatic heterocycles. The number of carbonyl (C=O) groups excluding carboxylic acids is 1. The molecule has 0 spiro atoms. The van der Waals surface area contributed by atoms with Gasteiger partial charge in [-0.15, -0.1) is 0 Å². The molecule has 0 amide bonds. The van der Waals surface area contributed by atoms with Gasteiger partial charge in [-0.25, -0.2) is 0 Å². The molecule has 0 N–H and O–H groups in total. The maximum Gasteiger partial charge on any atom is 0.349 e. The van der Waals surface area contributed by atoms with Crippen LogP contribution in [0.4, 0.5) is 0 Å². The molecule has 114 valence electrons. The minimum atomic E-state index is -3.56. The van der Waals surface area contributed by atoms with Gasteiger partial charge in [-0.1, -0.05) is 30.3 Å². The average molecular weight is 310 g/mol. The largest absolute Gasteiger partial charge is 0.464 e. The molecule has 1 aromatic rings. The van der Waals surface area contributed by atoms with E-state index in [-0.39, 0.29) is 31.7 Å². The van der Waals surface area contributed by atoms with E-state index in [1.165, 1.54) is 0 Å². The van der Waals surface area contributed by atoms with Gasteiger partial charge < -0.3 is 13.8 Å². The summed E-state index contributed by atoms with van der Waals surface area (Å²) in [6.45, 7) is 4.25. The van der Waals surface area contributed by atoms with Crippen LogP contribution in [0.3, 0.4) is 0 Å². The minimum absolute atomic E-state index is 0.128. The predicted octanol–water partition coefficient (Wildman–Crippen LogP) is 2.96. The number of cyclic esters (lactones) is 1. The Labute approximate surface area is 124 Å². The Morgan fingerprint density at radius 2 is 1.86 bits per heavy atom. The maximum atomic E-state index is 13.2. The van der Waals surface area contributed by atoms with Gasteiger partial charge in [0.15, 0.2) is 5.16 Å². The average Bonchev–Trinajstić information content (AvgIpc) is 3.06. The highest BCUT2D eigenvalue weighted by atomic mass is 31.2. The van der Waals surface area contributed by atoms with E-state index in [0.717, 1.165) is 5.56 Å². The number of hydrogen-bond acceptors (Lipinski definition) is 5. The summed E-state index contributed by atoms with van der Waals surface area (Å²) in [5.74, 6) is -0.730. The number of carbonyl (C=O) groups is 1. The molecule has 0 aromatic heterocycles. The second-order valence-corrected chi connectivity index (χ2v) is 7.50. The first kappa shape index (κ1) is 14.8. The Kier molecular flexibility index (Phi) is 3.68. The van der Waals surface area contributed by atoms with Crippen LogP contribution in [-0.4, -0.2) is 30.9 Å². The molecular formula is C15H19O5P. The first-order valence-corrected chi connectivity index (χ1v) is 8.77. The Morgan fingerprint density at radius 3 is 2.43 bits per heavy atom. The zero-order valence-electron chi connectivity index (χ0n) is 12.2. The van der Waals surface area contributed by atoms with Crippen molar-refractivity contribution in [2.45, 2.75) is 24.9 Å². The van der Waals surface area contributed by atoms with Crippen LogP contribution in [0.2, 0.25) is 0 Å². The lowest BCUT2D eigenvalue weighted by atomic mass is 10.1. The summed E-state index contributed by atoms with van der Waals surface area (Å²) in [7, 11) is -3.56. The fraction of sp³-hybridized carbons (Fsp3) is 0.533. The van der Waals surface area contributed by atoms with Gasteiger partial charge in [0.25, 0.3) is 0 Å². The van der Waals surface area contributed by atoms with Gasteiger partial charge in [0, 0.05) is 11.8 Å². The second kappa shape index (κ2) is 5.24. The lowest BCUT2D eigenvalue weighted by Crippen LogP contribution is -2.26. The molecule has 1 heterocycles. The van der Waals surface area contributed by atoms with Gasteiger partial charge in [0.05, 0.1) is 19.8 Å². The molecule has 2 fully saturated rings. The summed E-state index contributed by atoms with van der Waals surface area (Å²) in [6.07, 6.45) is 0. The quantitative estimate of drug-likeness (QED) is 0.597. The van der Waals surface area contributed by atoms with Crippen LogP contribution in [-0.2, 0) is 23.1 Å². The molecule has 3 rings (SSSR count). The van der Waals surface area contributed by atoms with Crippen molar-refractivity contribution in [2.75, 3.05) is 19.8 Å². The molecule has 0 unspecified atom stereocenters. The van der Waals surface area contributed by atoms with Crippen molar-refractivity contribution in [3.8, 4) is 0 Å². The SMILES string of the molecule is CCOP(=O)(OCC)[C@@]12C(=O)OC[C@@H]1[C@H]2c1ccccc1. The smallest absolute Gasteiger partial charge is 0.349 e. The molecule has 1 saturated heterocycles. The number of ether oxygens (including phenoxy) is 1. The van der Waals surface area contributed by atoms with E-state index in [2.05, 4.69) is 0 Å². The summed E-state index contributed by atoms with van der Waals surface area (Å²) in [5, 5.41) is -1.15. The van der Waals surface area contributed by atoms with Gasteiger partial charge in [-0.2, -0.15) is 0 Å². The van der Waals surface area contributed by atoms with Crippen LogP contribution in [0.1, 0.15) is 25.3 Å². The fourth-order valence-corrected chi connectivity index (χ4v) is 6.14. The summed E-state index contributed by atoms with van der Waals surface area (Å²) >= 11 is 0. The topological polar surface area (TPSA) is 61.8 Å². The highest BCUT2D eigenvalue weighted by Gasteiger charge is 2.84. The van der Waals surface area contributed by atoms with E-state index in [0.29, 0.717) is 0 Å². The number of hydrogen-bond donors (Lipinski definition) is 0. The maximum absolute atomic E-state index is 13.2. The zero-order valence-corrected chi connectivity index (χ0v) is 13.0. The van der Waals surface area contributed by atoms with Gasteiger partial charge in [0.1, 0.15) is 0 Å². The molecule has 5 nitrogen and oxygen atoms in total. The molecule has 6 heteroatoms. The molecular weight excluding hydrogens is 291 g/mol. The van der Waals surface area contributed by atoms with E-state index in [4.69, 9.17) is 13.8 Å². The molecule has 2 aliphatic rings. The van der Waals surface area contributed by atoms with Crippen LogP contribution < -0.4 is 0 Å². The first-order valence-electron chi connectivity index (χ1n) is 7.23. The lowest BCUT2D eigenvalue weighted by Gasteiger charge is -2.24. The van der Waals surface area contributed by atoms with Crippen molar-refractivity contribution in [2.24, 2.45) is 5.92 Å². The van der Waals surface area contributed by atoms with E-state index < -0.39 is 18.7 Å². The fourth-order valence-electron chi connectivity index (χ4n) is 3.45. The summed E-state index contributed by atoms with van der Waals surface area (Å²) in [5.41, 5.74) is 0.985. The van der Waals surface area contributed by atoms with Crippen LogP contribution >= 0.6 is 7.60 Å². The molecule has 0 radical (unpaired) electrons. The van der Waals surface area contributed by atoms with Crippen molar-refractivity contribution < 1.29 is 23.1 Å². The summed E-state index contributed by atoms with van der Waals surface area (Å²) < 4.78 is 29.3. The van der Waals surface area contributed by atoms with E-state index in [9.17, 15) is 9.36 Å². The molecule has 1 saturated carbocycles. The Morgan fingerprint density at radius 1 is 1.24 bits per heavy atom. The van der Waals surface area contributed by atoms with Crippen LogP contribution in [0, 0.1) is 5.92 Å². The molecule has 3 atom stereocenters. The van der Waals surface area contributed by atoms with Gasteiger partial charge in [-0.3, -0.25) is 9.36 Å². The molecule has 1 aliphatic carbocycles. The monoisotopic (exact) mass is 310 g/mol. The van der Waals surface area contributed by atoms with E-state index in [1.807, 2.05) is 30.3 Å². The zero-order chi connectivity index (χ0) is 15.1. The molecule has 1 aromatic carbocycles. The normalized spacial score (nSPS) is 30.9. The lowest BCUT2D eigenvalue weighted by molar-refractivity contribution is -0.140. The first-order chi connectivity index (χ1) is 10.1. The van der Waals surface area contributed by atoms with Crippen molar-refractivity contribution in [1.29, 1.82) is 0 Å². The highest BCUT2D eigenvalue weighted by molar-refractivity contribution is 7.57. The number of rotatable bonds is 6. The van der Waals surface area contributed by atoms with E-state index >= 15 is 0 Å². The van der Waals surface area contributed by atoms with Crippen molar-refractivity contribution in [1.82, 2.24) is 0 Å². The molecule has 0 bridgehead atoms. The number of esters is 1. The molecule has 21 heavy (non-hydrogen) atoms. The van der Waals surface area contributed by atoms with Crippen molar-refractivity contribution in [3.63, 3.8) is 0 Å². The Hall–Kier alpha value is -1.16. The highest BCUT2D eigenvalue weighted by Crippen LogP contribution is 2.82. The van der Waals surface area contributed by atoms with E-state index in [1.54, 1.807) is 13.8 Å². The Balaban J connectivity index is 2.04. The van der Waals surface area contributed by atoms with Crippen LogP contribution in [0.5, 0.6) is 0 Å². The minimum Gasteiger partial charge on any atom is -0.464 e. The number of benzene rings is 1. The third kappa shape index (κ3) is 1.91. The summed E-state index contributed by atoms with van der Waals surface area (Å²) in [6, 6.07) is 9.63.